The van der Waals surface area contributed by atoms with E-state index in [0.29, 0.717) is 25.7 Å². The first-order valence-electron chi connectivity index (χ1n) is 10.4. The number of hydrogen-bond donors (Lipinski definition) is 0. The molecule has 0 bridgehead atoms. The Morgan fingerprint density at radius 3 is 2.67 bits per heavy atom. The van der Waals surface area contributed by atoms with Crippen molar-refractivity contribution in [2.45, 2.75) is 64.0 Å². The monoisotopic (exact) mass is 372 g/mol. The van der Waals surface area contributed by atoms with Crippen LogP contribution in [0.3, 0.4) is 0 Å². The average molecular weight is 373 g/mol. The second-order valence-corrected chi connectivity index (χ2v) is 7.64. The van der Waals surface area contributed by atoms with Gasteiger partial charge in [-0.05, 0) is 64.0 Å². The third-order valence-corrected chi connectivity index (χ3v) is 5.83. The summed E-state index contributed by atoms with van der Waals surface area (Å²) in [5.41, 5.74) is 1.36. The van der Waals surface area contributed by atoms with Gasteiger partial charge in [0.2, 0.25) is 5.91 Å². The third kappa shape index (κ3) is 5.32. The van der Waals surface area contributed by atoms with E-state index < -0.39 is 6.04 Å². The number of likely N-dealkylation sites (tertiary alicyclic amines) is 2. The van der Waals surface area contributed by atoms with Gasteiger partial charge in [0.1, 0.15) is 6.04 Å². The van der Waals surface area contributed by atoms with Gasteiger partial charge in [0, 0.05) is 12.6 Å². The van der Waals surface area contributed by atoms with Crippen LogP contribution in [0.2, 0.25) is 0 Å². The molecule has 1 aromatic carbocycles. The Balaban J connectivity index is 1.55. The Kier molecular flexibility index (Phi) is 7.27. The highest BCUT2D eigenvalue weighted by Crippen LogP contribution is 2.24. The van der Waals surface area contributed by atoms with Gasteiger partial charge in [0.05, 0.1) is 13.2 Å². The molecular weight excluding hydrogens is 340 g/mol. The molecule has 0 unspecified atom stereocenters. The van der Waals surface area contributed by atoms with Gasteiger partial charge in [-0.15, -0.1) is 0 Å². The first kappa shape index (κ1) is 19.9. The lowest BCUT2D eigenvalue weighted by Crippen LogP contribution is -2.52. The summed E-state index contributed by atoms with van der Waals surface area (Å²) < 4.78 is 5.19. The molecule has 2 saturated heterocycles. The number of rotatable bonds is 7. The van der Waals surface area contributed by atoms with Gasteiger partial charge in [-0.1, -0.05) is 30.3 Å². The molecule has 148 valence electrons. The average Bonchev–Trinajstić information content (AvgIpc) is 3.14. The number of esters is 1. The maximum absolute atomic E-state index is 13.0. The van der Waals surface area contributed by atoms with E-state index in [1.165, 1.54) is 5.56 Å². The minimum Gasteiger partial charge on any atom is -0.464 e. The summed E-state index contributed by atoms with van der Waals surface area (Å²) in [5, 5.41) is 0. The number of ether oxygens (including phenoxy) is 1. The molecule has 27 heavy (non-hydrogen) atoms. The number of benzene rings is 1. The largest absolute Gasteiger partial charge is 0.464 e. The molecule has 2 aliphatic heterocycles. The summed E-state index contributed by atoms with van der Waals surface area (Å²) >= 11 is 0. The van der Waals surface area contributed by atoms with E-state index in [0.717, 1.165) is 51.5 Å². The first-order chi connectivity index (χ1) is 13.2. The fourth-order valence-electron chi connectivity index (χ4n) is 4.39. The van der Waals surface area contributed by atoms with Crippen LogP contribution < -0.4 is 0 Å². The smallest absolute Gasteiger partial charge is 0.328 e. The van der Waals surface area contributed by atoms with Crippen LogP contribution in [0.1, 0.15) is 51.0 Å². The molecule has 5 heteroatoms. The fraction of sp³-hybridized carbons (Fsp3) is 0.636. The number of carbonyl (C=O) groups is 2. The summed E-state index contributed by atoms with van der Waals surface area (Å²) in [4.78, 5) is 29.3. The predicted octanol–water partition coefficient (Wildman–Crippen LogP) is 3.03. The van der Waals surface area contributed by atoms with Crippen LogP contribution in [0.4, 0.5) is 0 Å². The third-order valence-electron chi connectivity index (χ3n) is 5.83. The van der Waals surface area contributed by atoms with Gasteiger partial charge in [-0.2, -0.15) is 0 Å². The van der Waals surface area contributed by atoms with Crippen molar-refractivity contribution in [3.8, 4) is 0 Å². The lowest BCUT2D eigenvalue weighted by atomic mass is 10.0. The molecule has 0 aromatic heterocycles. The molecule has 1 aromatic rings. The molecular formula is C22H32N2O3. The van der Waals surface area contributed by atoms with Crippen molar-refractivity contribution in [3.05, 3.63) is 35.9 Å². The van der Waals surface area contributed by atoms with Crippen molar-refractivity contribution < 1.29 is 14.3 Å². The summed E-state index contributed by atoms with van der Waals surface area (Å²) in [6.07, 6.45) is 7.11. The topological polar surface area (TPSA) is 49.9 Å². The van der Waals surface area contributed by atoms with Crippen LogP contribution in [-0.4, -0.2) is 60.0 Å². The number of piperidine rings is 1. The normalized spacial score (nSPS) is 23.4. The highest BCUT2D eigenvalue weighted by molar-refractivity contribution is 5.85. The molecule has 1 amide bonds. The van der Waals surface area contributed by atoms with E-state index in [9.17, 15) is 9.59 Å². The van der Waals surface area contributed by atoms with Crippen molar-refractivity contribution in [1.29, 1.82) is 0 Å². The van der Waals surface area contributed by atoms with E-state index in [-0.39, 0.29) is 11.9 Å². The molecule has 3 rings (SSSR count). The van der Waals surface area contributed by atoms with E-state index in [4.69, 9.17) is 4.74 Å². The standard InChI is InChI=1S/C22H32N2O3/c1-2-27-22(26)20-12-6-7-16-24(20)21(25)17-23-15-8-11-19(23)14-13-18-9-4-3-5-10-18/h3-5,9-10,19-20H,2,6-8,11-17H2,1H3/t19-,20-/m1/s1. The SMILES string of the molecule is CCOC(=O)[C@H]1CCCCN1C(=O)CN1CCC[C@@H]1CCc1ccccc1. The quantitative estimate of drug-likeness (QED) is 0.691. The molecule has 0 saturated carbocycles. The van der Waals surface area contributed by atoms with Gasteiger partial charge >= 0.3 is 5.97 Å². The van der Waals surface area contributed by atoms with Crippen molar-refractivity contribution in [2.75, 3.05) is 26.2 Å². The second-order valence-electron chi connectivity index (χ2n) is 7.64. The first-order valence-corrected chi connectivity index (χ1v) is 10.4. The molecule has 2 fully saturated rings. The number of amides is 1. The zero-order chi connectivity index (χ0) is 19.1. The summed E-state index contributed by atoms with van der Waals surface area (Å²) in [5.74, 6) is -0.160. The number of hydrogen-bond acceptors (Lipinski definition) is 4. The van der Waals surface area contributed by atoms with Crippen LogP contribution in [-0.2, 0) is 20.7 Å². The van der Waals surface area contributed by atoms with Crippen LogP contribution in [0.5, 0.6) is 0 Å². The minimum atomic E-state index is -0.392. The van der Waals surface area contributed by atoms with E-state index in [2.05, 4.69) is 29.2 Å². The highest BCUT2D eigenvalue weighted by Gasteiger charge is 2.35. The highest BCUT2D eigenvalue weighted by atomic mass is 16.5. The van der Waals surface area contributed by atoms with Crippen molar-refractivity contribution in [1.82, 2.24) is 9.80 Å². The second kappa shape index (κ2) is 9.88. The van der Waals surface area contributed by atoms with Gasteiger partial charge in [-0.25, -0.2) is 4.79 Å². The number of aryl methyl sites for hydroxylation is 1. The Morgan fingerprint density at radius 2 is 1.89 bits per heavy atom. The van der Waals surface area contributed by atoms with Gasteiger partial charge in [-0.3, -0.25) is 9.69 Å². The van der Waals surface area contributed by atoms with Gasteiger partial charge in [0.15, 0.2) is 0 Å². The molecule has 0 spiro atoms. The lowest BCUT2D eigenvalue weighted by molar-refractivity contribution is -0.157. The maximum atomic E-state index is 13.0. The van der Waals surface area contributed by atoms with E-state index >= 15 is 0 Å². The number of nitrogens with zero attached hydrogens (tertiary/aromatic N) is 2. The van der Waals surface area contributed by atoms with E-state index in [1.54, 1.807) is 4.90 Å². The molecule has 0 aliphatic carbocycles. The Bertz CT molecular complexity index is 619. The van der Waals surface area contributed by atoms with E-state index in [1.807, 2.05) is 13.0 Å². The zero-order valence-corrected chi connectivity index (χ0v) is 16.4. The predicted molar refractivity (Wildman–Crippen MR) is 105 cm³/mol. The van der Waals surface area contributed by atoms with Gasteiger partial charge in [0.25, 0.3) is 0 Å². The molecule has 5 nitrogen and oxygen atoms in total. The van der Waals surface area contributed by atoms with Crippen LogP contribution in [0, 0.1) is 0 Å². The van der Waals surface area contributed by atoms with Crippen LogP contribution in [0.15, 0.2) is 30.3 Å². The van der Waals surface area contributed by atoms with Crippen molar-refractivity contribution in [3.63, 3.8) is 0 Å². The lowest BCUT2D eigenvalue weighted by Gasteiger charge is -2.36. The van der Waals surface area contributed by atoms with Crippen LogP contribution in [0.25, 0.3) is 0 Å². The molecule has 2 aliphatic rings. The molecule has 0 N–H and O–H groups in total. The van der Waals surface area contributed by atoms with Crippen molar-refractivity contribution in [2.24, 2.45) is 0 Å². The molecule has 2 heterocycles. The summed E-state index contributed by atoms with van der Waals surface area (Å²) in [6.45, 7) is 4.25. The van der Waals surface area contributed by atoms with Gasteiger partial charge < -0.3 is 9.64 Å². The maximum Gasteiger partial charge on any atom is 0.328 e. The zero-order valence-electron chi connectivity index (χ0n) is 16.4. The summed E-state index contributed by atoms with van der Waals surface area (Å²) in [7, 11) is 0. The Morgan fingerprint density at radius 1 is 1.07 bits per heavy atom. The van der Waals surface area contributed by atoms with Crippen molar-refractivity contribution >= 4 is 11.9 Å². The fourth-order valence-corrected chi connectivity index (χ4v) is 4.39. The van der Waals surface area contributed by atoms with Crippen LogP contribution >= 0.6 is 0 Å². The Hall–Kier alpha value is -1.88. The summed E-state index contributed by atoms with van der Waals surface area (Å²) in [6, 6.07) is 10.6. The minimum absolute atomic E-state index is 0.0827. The Labute approximate surface area is 162 Å². The molecule has 0 radical (unpaired) electrons. The number of carbonyl (C=O) groups excluding carboxylic acids is 2. The molecule has 2 atom stereocenters.